The van der Waals surface area contributed by atoms with Crippen molar-refractivity contribution < 1.29 is 18.7 Å². The number of benzene rings is 2. The lowest BCUT2D eigenvalue weighted by molar-refractivity contribution is 0.235. The predicted octanol–water partition coefficient (Wildman–Crippen LogP) is 4.42. The summed E-state index contributed by atoms with van der Waals surface area (Å²) < 4.78 is 31.6. The maximum Gasteiger partial charge on any atom is 0.334 e. The highest BCUT2D eigenvalue weighted by atomic mass is 35.5. The Kier molecular flexibility index (Phi) is 6.69. The van der Waals surface area contributed by atoms with Gasteiger partial charge in [-0.1, -0.05) is 17.7 Å². The molecule has 190 valence electrons. The van der Waals surface area contributed by atoms with Crippen LogP contribution in [-0.2, 0) is 0 Å². The second-order valence-corrected chi connectivity index (χ2v) is 9.20. The number of aliphatic hydroxyl groups is 1. The molecular weight excluding hydrogens is 502 g/mol. The lowest BCUT2D eigenvalue weighted by atomic mass is 10.0. The molecule has 1 fully saturated rings. The summed E-state index contributed by atoms with van der Waals surface area (Å²) in [6.07, 6.45) is 1.40. The number of amides is 2. The van der Waals surface area contributed by atoms with Gasteiger partial charge < -0.3 is 15.3 Å². The Balaban J connectivity index is 1.70. The lowest BCUT2D eigenvalue weighted by Crippen LogP contribution is -2.52. The van der Waals surface area contributed by atoms with E-state index in [1.807, 2.05) is 6.07 Å². The summed E-state index contributed by atoms with van der Waals surface area (Å²) in [6.45, 7) is 3.20. The first-order valence-corrected chi connectivity index (χ1v) is 12.1. The molecule has 11 heteroatoms. The molecule has 1 saturated heterocycles. The SMILES string of the molecule is CCN1C(=O)N(c2c(F)cc(N3CCN[C@H](CO)C3)cc2F)c2cc(C#N)ccc2-c2cc(Cl)cnc21. The van der Waals surface area contributed by atoms with Crippen LogP contribution in [0.15, 0.2) is 42.6 Å². The van der Waals surface area contributed by atoms with E-state index in [0.29, 0.717) is 47.3 Å². The van der Waals surface area contributed by atoms with Gasteiger partial charge in [-0.05, 0) is 37.3 Å². The molecule has 0 spiro atoms. The number of anilines is 4. The van der Waals surface area contributed by atoms with Crippen LogP contribution in [0.5, 0.6) is 0 Å². The number of pyridine rings is 1. The molecule has 0 bridgehead atoms. The van der Waals surface area contributed by atoms with E-state index in [1.54, 1.807) is 30.0 Å². The summed E-state index contributed by atoms with van der Waals surface area (Å²) in [5.41, 5.74) is 1.04. The maximum absolute atomic E-state index is 15.8. The van der Waals surface area contributed by atoms with Gasteiger partial charge in [-0.2, -0.15) is 5.26 Å². The fourth-order valence-electron chi connectivity index (χ4n) is 4.81. The van der Waals surface area contributed by atoms with Crippen LogP contribution in [-0.4, -0.2) is 54.9 Å². The van der Waals surface area contributed by atoms with Crippen molar-refractivity contribution in [2.24, 2.45) is 0 Å². The van der Waals surface area contributed by atoms with Crippen molar-refractivity contribution >= 4 is 40.5 Å². The minimum atomic E-state index is -0.941. The first kappa shape index (κ1) is 24.9. The molecule has 8 nitrogen and oxygen atoms in total. The second kappa shape index (κ2) is 9.94. The number of aliphatic hydroxyl groups excluding tert-OH is 1. The van der Waals surface area contributed by atoms with E-state index in [9.17, 15) is 15.2 Å². The Morgan fingerprint density at radius 3 is 2.65 bits per heavy atom. The molecule has 1 atom stereocenters. The average Bonchev–Trinajstić information content (AvgIpc) is 3.00. The molecule has 2 aliphatic heterocycles. The van der Waals surface area contributed by atoms with Crippen LogP contribution >= 0.6 is 11.6 Å². The summed E-state index contributed by atoms with van der Waals surface area (Å²) >= 11 is 6.22. The molecule has 0 unspecified atom stereocenters. The zero-order chi connectivity index (χ0) is 26.3. The van der Waals surface area contributed by atoms with Gasteiger partial charge >= 0.3 is 6.03 Å². The number of hydrogen-bond acceptors (Lipinski definition) is 6. The van der Waals surface area contributed by atoms with Gasteiger partial charge in [0.15, 0.2) is 11.6 Å². The van der Waals surface area contributed by atoms with Crippen LogP contribution in [0, 0.1) is 23.0 Å². The van der Waals surface area contributed by atoms with Gasteiger partial charge in [-0.3, -0.25) is 9.80 Å². The van der Waals surface area contributed by atoms with E-state index < -0.39 is 23.4 Å². The number of carbonyl (C=O) groups excluding carboxylic acids is 1. The van der Waals surface area contributed by atoms with Gasteiger partial charge in [0.25, 0.3) is 0 Å². The molecule has 3 heterocycles. The van der Waals surface area contributed by atoms with Crippen LogP contribution < -0.4 is 20.0 Å². The van der Waals surface area contributed by atoms with E-state index in [1.165, 1.54) is 29.3 Å². The van der Waals surface area contributed by atoms with E-state index in [-0.39, 0.29) is 30.4 Å². The number of nitrogens with zero attached hydrogens (tertiary/aromatic N) is 5. The Morgan fingerprint density at radius 2 is 1.97 bits per heavy atom. The molecule has 1 aromatic heterocycles. The van der Waals surface area contributed by atoms with Crippen LogP contribution in [0.2, 0.25) is 5.02 Å². The van der Waals surface area contributed by atoms with Crippen molar-refractivity contribution in [2.45, 2.75) is 13.0 Å². The highest BCUT2D eigenvalue weighted by molar-refractivity contribution is 6.31. The van der Waals surface area contributed by atoms with Crippen molar-refractivity contribution in [2.75, 3.05) is 47.5 Å². The molecule has 0 saturated carbocycles. The minimum absolute atomic E-state index is 0.106. The number of fused-ring (bicyclic) bond motifs is 3. The Hall–Kier alpha value is -3.78. The number of aromatic nitrogens is 1. The molecule has 2 aromatic carbocycles. The number of rotatable bonds is 4. The first-order chi connectivity index (χ1) is 17.9. The predicted molar refractivity (Wildman–Crippen MR) is 137 cm³/mol. The fourth-order valence-corrected chi connectivity index (χ4v) is 4.96. The van der Waals surface area contributed by atoms with Gasteiger partial charge in [-0.15, -0.1) is 0 Å². The minimum Gasteiger partial charge on any atom is -0.395 e. The normalized spacial score (nSPS) is 17.2. The largest absolute Gasteiger partial charge is 0.395 e. The number of halogens is 3. The van der Waals surface area contributed by atoms with Gasteiger partial charge in [0.2, 0.25) is 0 Å². The number of hydrogen-bond donors (Lipinski definition) is 2. The third-order valence-electron chi connectivity index (χ3n) is 6.55. The van der Waals surface area contributed by atoms with Gasteiger partial charge in [0.1, 0.15) is 11.5 Å². The Labute approximate surface area is 217 Å². The monoisotopic (exact) mass is 524 g/mol. The molecular formula is C26H23ClF2N6O2. The fraction of sp³-hybridized carbons (Fsp3) is 0.269. The summed E-state index contributed by atoms with van der Waals surface area (Å²) in [7, 11) is 0. The highest BCUT2D eigenvalue weighted by Crippen LogP contribution is 2.46. The summed E-state index contributed by atoms with van der Waals surface area (Å²) in [4.78, 5) is 22.3. The summed E-state index contributed by atoms with van der Waals surface area (Å²) in [5, 5.41) is 22.5. The number of nitrogens with one attached hydrogen (secondary N) is 1. The van der Waals surface area contributed by atoms with Crippen molar-refractivity contribution in [3.05, 3.63) is 64.8 Å². The van der Waals surface area contributed by atoms with Crippen LogP contribution in [0.1, 0.15) is 12.5 Å². The van der Waals surface area contributed by atoms with E-state index in [0.717, 1.165) is 4.90 Å². The van der Waals surface area contributed by atoms with Crippen LogP contribution in [0.4, 0.5) is 36.5 Å². The number of urea groups is 1. The third-order valence-corrected chi connectivity index (χ3v) is 6.76. The van der Waals surface area contributed by atoms with Crippen molar-refractivity contribution in [1.29, 1.82) is 5.26 Å². The number of nitriles is 1. The number of piperazine rings is 1. The second-order valence-electron chi connectivity index (χ2n) is 8.77. The molecule has 2 amide bonds. The summed E-state index contributed by atoms with van der Waals surface area (Å²) in [5.74, 6) is -1.59. The quantitative estimate of drug-likeness (QED) is 0.524. The Bertz CT molecular complexity index is 1410. The van der Waals surface area contributed by atoms with Crippen molar-refractivity contribution in [3.8, 4) is 17.2 Å². The van der Waals surface area contributed by atoms with Gasteiger partial charge in [-0.25, -0.2) is 18.6 Å². The Morgan fingerprint density at radius 1 is 1.22 bits per heavy atom. The standard InChI is InChI=1S/C26H23ClF2N6O2/c1-2-34-25-20(8-16(27)12-32-25)19-4-3-15(11-30)7-23(19)35(26(34)37)24-21(28)9-18(10-22(24)29)33-6-5-31-17(13-33)14-36/h3-4,7-10,12,17,31,36H,2,5-6,13-14H2,1H3/t17-/m0/s1. The van der Waals surface area contributed by atoms with Gasteiger partial charge in [0, 0.05) is 55.2 Å². The molecule has 5 rings (SSSR count). The zero-order valence-electron chi connectivity index (χ0n) is 19.9. The van der Waals surface area contributed by atoms with Crippen molar-refractivity contribution in [1.82, 2.24) is 10.3 Å². The molecule has 2 aliphatic rings. The van der Waals surface area contributed by atoms with E-state index in [4.69, 9.17) is 11.6 Å². The average molecular weight is 525 g/mol. The van der Waals surface area contributed by atoms with Gasteiger partial charge in [0.05, 0.1) is 28.9 Å². The number of carbonyl (C=O) groups is 1. The first-order valence-electron chi connectivity index (χ1n) is 11.8. The zero-order valence-corrected chi connectivity index (χ0v) is 20.6. The highest BCUT2D eigenvalue weighted by Gasteiger charge is 2.36. The maximum atomic E-state index is 15.8. The molecule has 2 N–H and O–H groups in total. The molecule has 0 aliphatic carbocycles. The molecule has 3 aromatic rings. The van der Waals surface area contributed by atoms with Crippen molar-refractivity contribution in [3.63, 3.8) is 0 Å². The van der Waals surface area contributed by atoms with Crippen LogP contribution in [0.25, 0.3) is 11.1 Å². The van der Waals surface area contributed by atoms with E-state index >= 15 is 8.78 Å². The smallest absolute Gasteiger partial charge is 0.334 e. The third kappa shape index (κ3) is 4.35. The molecule has 0 radical (unpaired) electrons. The van der Waals surface area contributed by atoms with E-state index in [2.05, 4.69) is 10.3 Å². The topological polar surface area (TPSA) is 95.7 Å². The lowest BCUT2D eigenvalue weighted by Gasteiger charge is -2.35. The van der Waals surface area contributed by atoms with Crippen LogP contribution in [0.3, 0.4) is 0 Å². The molecule has 37 heavy (non-hydrogen) atoms. The summed E-state index contributed by atoms with van der Waals surface area (Å²) in [6, 6.07) is 9.67.